The Morgan fingerprint density at radius 2 is 2.03 bits per heavy atom. The predicted molar refractivity (Wildman–Crippen MR) is 125 cm³/mol. The van der Waals surface area contributed by atoms with Crippen molar-refractivity contribution >= 4 is 23.3 Å². The number of aromatic amines is 1. The molecule has 32 heavy (non-hydrogen) atoms. The van der Waals surface area contributed by atoms with Gasteiger partial charge in [-0.3, -0.25) is 4.79 Å². The Kier molecular flexibility index (Phi) is 6.90. The van der Waals surface area contributed by atoms with Crippen molar-refractivity contribution in [2.75, 3.05) is 33.1 Å². The van der Waals surface area contributed by atoms with E-state index in [4.69, 9.17) is 9.47 Å². The fourth-order valence-corrected chi connectivity index (χ4v) is 3.49. The minimum Gasteiger partial charge on any atom is -0.490 e. The molecule has 0 bridgehead atoms. The number of rotatable bonds is 9. The minimum absolute atomic E-state index is 0.266. The highest BCUT2D eigenvalue weighted by molar-refractivity contribution is 5.97. The van der Waals surface area contributed by atoms with Gasteiger partial charge >= 0.3 is 0 Å². The van der Waals surface area contributed by atoms with Crippen molar-refractivity contribution in [3.63, 3.8) is 0 Å². The molecule has 0 aliphatic heterocycles. The van der Waals surface area contributed by atoms with E-state index < -0.39 is 0 Å². The molecule has 2 fully saturated rings. The highest BCUT2D eigenvalue weighted by Gasteiger charge is 2.27. The first kappa shape index (κ1) is 22.1. The molecule has 0 spiro atoms. The number of H-pyrrole nitrogens is 1. The van der Waals surface area contributed by atoms with Crippen molar-refractivity contribution in [1.29, 1.82) is 0 Å². The van der Waals surface area contributed by atoms with E-state index in [1.165, 1.54) is 25.8 Å². The second-order valence-corrected chi connectivity index (χ2v) is 8.60. The van der Waals surface area contributed by atoms with Crippen molar-refractivity contribution in [2.45, 2.75) is 38.2 Å². The maximum absolute atomic E-state index is 10.6. The molecule has 8 nitrogen and oxygen atoms in total. The normalized spacial score (nSPS) is 15.2. The van der Waals surface area contributed by atoms with Crippen LogP contribution in [-0.4, -0.2) is 60.1 Å². The van der Waals surface area contributed by atoms with Gasteiger partial charge in [0, 0.05) is 23.3 Å². The standard InChI is InChI=1S/C17H16N4O3.C7H15N/c1-23-17-15(13(6-7-18-17)24-10-2-3-10)12-8-19-16-11(12)4-5-14(21-16)20-9-22;1-8(2)6-5-7-3-4-7/h4-10H,2-3H2,1H3,(H2,19,20,21,22);7H,3-6H2,1-2H3. The number of anilines is 1. The number of methoxy groups -OCH3 is 1. The maximum Gasteiger partial charge on any atom is 0.224 e. The van der Waals surface area contributed by atoms with Gasteiger partial charge in [-0.15, -0.1) is 0 Å². The summed E-state index contributed by atoms with van der Waals surface area (Å²) in [5.41, 5.74) is 2.37. The molecular formula is C24H31N5O3. The average molecular weight is 438 g/mol. The summed E-state index contributed by atoms with van der Waals surface area (Å²) < 4.78 is 11.5. The van der Waals surface area contributed by atoms with Gasteiger partial charge in [-0.1, -0.05) is 12.8 Å². The quantitative estimate of drug-likeness (QED) is 0.490. The summed E-state index contributed by atoms with van der Waals surface area (Å²) in [6.45, 7) is 1.28. The summed E-state index contributed by atoms with van der Waals surface area (Å²) in [6, 6.07) is 5.50. The zero-order valence-electron chi connectivity index (χ0n) is 18.9. The second kappa shape index (κ2) is 9.99. The Morgan fingerprint density at radius 1 is 1.22 bits per heavy atom. The number of amides is 1. The van der Waals surface area contributed by atoms with Crippen LogP contribution in [-0.2, 0) is 4.79 Å². The van der Waals surface area contributed by atoms with Crippen molar-refractivity contribution in [3.05, 3.63) is 30.6 Å². The number of pyridine rings is 2. The van der Waals surface area contributed by atoms with Gasteiger partial charge in [0.2, 0.25) is 12.3 Å². The van der Waals surface area contributed by atoms with Gasteiger partial charge in [-0.2, -0.15) is 0 Å². The molecule has 170 valence electrons. The number of nitrogens with zero attached hydrogens (tertiary/aromatic N) is 3. The fourth-order valence-electron chi connectivity index (χ4n) is 3.49. The maximum atomic E-state index is 10.6. The lowest BCUT2D eigenvalue weighted by atomic mass is 10.1. The van der Waals surface area contributed by atoms with E-state index in [1.807, 2.05) is 18.3 Å². The first-order valence-electron chi connectivity index (χ1n) is 11.1. The lowest BCUT2D eigenvalue weighted by Crippen LogP contribution is -2.13. The molecule has 2 aliphatic rings. The van der Waals surface area contributed by atoms with Gasteiger partial charge in [0.1, 0.15) is 17.2 Å². The number of ether oxygens (including phenoxy) is 2. The summed E-state index contributed by atoms with van der Waals surface area (Å²) in [6.07, 6.45) is 10.9. The molecule has 1 amide bonds. The molecule has 3 aromatic rings. The van der Waals surface area contributed by atoms with Crippen LogP contribution < -0.4 is 14.8 Å². The van der Waals surface area contributed by atoms with E-state index in [2.05, 4.69) is 39.3 Å². The first-order chi connectivity index (χ1) is 15.6. The Bertz CT molecular complexity index is 1050. The number of hydrogen-bond donors (Lipinski definition) is 2. The largest absolute Gasteiger partial charge is 0.490 e. The van der Waals surface area contributed by atoms with E-state index in [1.54, 1.807) is 19.4 Å². The topological polar surface area (TPSA) is 92.4 Å². The van der Waals surface area contributed by atoms with E-state index in [0.29, 0.717) is 23.8 Å². The van der Waals surface area contributed by atoms with E-state index >= 15 is 0 Å². The third-order valence-corrected chi connectivity index (χ3v) is 5.59. The number of carbonyl (C=O) groups is 1. The van der Waals surface area contributed by atoms with Crippen LogP contribution >= 0.6 is 0 Å². The fraction of sp³-hybridized carbons (Fsp3) is 0.458. The number of fused-ring (bicyclic) bond motifs is 1. The lowest BCUT2D eigenvalue weighted by molar-refractivity contribution is -0.105. The van der Waals surface area contributed by atoms with Crippen LogP contribution in [0, 0.1) is 5.92 Å². The molecule has 3 heterocycles. The zero-order valence-corrected chi connectivity index (χ0v) is 18.9. The molecule has 0 aromatic carbocycles. The van der Waals surface area contributed by atoms with Crippen LogP contribution in [0.15, 0.2) is 30.6 Å². The average Bonchev–Trinajstić information content (AvgIpc) is 3.72. The summed E-state index contributed by atoms with van der Waals surface area (Å²) in [4.78, 5) is 24.6. The molecule has 0 unspecified atom stereocenters. The van der Waals surface area contributed by atoms with Crippen LogP contribution in [0.3, 0.4) is 0 Å². The van der Waals surface area contributed by atoms with Crippen LogP contribution in [0.5, 0.6) is 11.6 Å². The highest BCUT2D eigenvalue weighted by Crippen LogP contribution is 2.42. The van der Waals surface area contributed by atoms with E-state index in [0.717, 1.165) is 41.0 Å². The third-order valence-electron chi connectivity index (χ3n) is 5.59. The monoisotopic (exact) mass is 437 g/mol. The smallest absolute Gasteiger partial charge is 0.224 e. The molecular weight excluding hydrogens is 406 g/mol. The Hall–Kier alpha value is -3.13. The molecule has 5 rings (SSSR count). The van der Waals surface area contributed by atoms with Crippen molar-refractivity contribution in [3.8, 4) is 22.8 Å². The number of nitrogens with one attached hydrogen (secondary N) is 2. The van der Waals surface area contributed by atoms with Gasteiger partial charge in [0.25, 0.3) is 0 Å². The minimum atomic E-state index is 0.266. The third kappa shape index (κ3) is 5.56. The van der Waals surface area contributed by atoms with E-state index in [-0.39, 0.29) is 6.10 Å². The van der Waals surface area contributed by atoms with Crippen LogP contribution in [0.4, 0.5) is 5.82 Å². The number of hydrogen-bond acceptors (Lipinski definition) is 6. The summed E-state index contributed by atoms with van der Waals surface area (Å²) in [5.74, 6) is 2.83. The molecule has 2 aliphatic carbocycles. The first-order valence-corrected chi connectivity index (χ1v) is 11.1. The van der Waals surface area contributed by atoms with Gasteiger partial charge in [-0.05, 0) is 64.0 Å². The van der Waals surface area contributed by atoms with Crippen LogP contribution in [0.25, 0.3) is 22.2 Å². The summed E-state index contributed by atoms with van der Waals surface area (Å²) in [5, 5.41) is 3.44. The van der Waals surface area contributed by atoms with E-state index in [9.17, 15) is 4.79 Å². The summed E-state index contributed by atoms with van der Waals surface area (Å²) in [7, 11) is 5.87. The van der Waals surface area contributed by atoms with Gasteiger partial charge in [0.15, 0.2) is 0 Å². The second-order valence-electron chi connectivity index (χ2n) is 8.60. The molecule has 3 aromatic heterocycles. The Labute approximate surface area is 188 Å². The predicted octanol–water partition coefficient (Wildman–Crippen LogP) is 4.09. The highest BCUT2D eigenvalue weighted by atomic mass is 16.5. The lowest BCUT2D eigenvalue weighted by Gasteiger charge is -2.13. The van der Waals surface area contributed by atoms with Gasteiger partial charge in [0.05, 0.1) is 18.8 Å². The molecule has 0 saturated heterocycles. The Morgan fingerprint density at radius 3 is 2.69 bits per heavy atom. The summed E-state index contributed by atoms with van der Waals surface area (Å²) >= 11 is 0. The number of aromatic nitrogens is 3. The molecule has 0 radical (unpaired) electrons. The van der Waals surface area contributed by atoms with Crippen LogP contribution in [0.1, 0.15) is 32.1 Å². The van der Waals surface area contributed by atoms with Crippen molar-refractivity contribution in [1.82, 2.24) is 19.9 Å². The van der Waals surface area contributed by atoms with Gasteiger partial charge < -0.3 is 24.7 Å². The molecule has 2 saturated carbocycles. The Balaban J connectivity index is 0.000000260. The molecule has 2 N–H and O–H groups in total. The van der Waals surface area contributed by atoms with Crippen molar-refractivity contribution < 1.29 is 14.3 Å². The molecule has 8 heteroatoms. The zero-order chi connectivity index (χ0) is 22.5. The SMILES string of the molecule is CN(C)CCC1CC1.COc1nccc(OC2CC2)c1-c1c[nH]c2nc(NC=O)ccc12. The van der Waals surface area contributed by atoms with Crippen LogP contribution in [0.2, 0.25) is 0 Å². The number of carbonyl (C=O) groups excluding carboxylic acids is 1. The molecule has 0 atom stereocenters. The van der Waals surface area contributed by atoms with Gasteiger partial charge in [-0.25, -0.2) is 9.97 Å². The van der Waals surface area contributed by atoms with Crippen molar-refractivity contribution in [2.24, 2.45) is 5.92 Å².